The zero-order valence-corrected chi connectivity index (χ0v) is 11.2. The van der Waals surface area contributed by atoms with Crippen molar-refractivity contribution < 1.29 is 14.7 Å². The van der Waals surface area contributed by atoms with Crippen LogP contribution in [0.15, 0.2) is 5.38 Å². The number of carbonyl (C=O) groups is 2. The number of nitrogens with two attached hydrogens (primary N) is 1. The van der Waals surface area contributed by atoms with Crippen molar-refractivity contribution in [2.75, 3.05) is 0 Å². The molecule has 1 aromatic rings. The Morgan fingerprint density at radius 2 is 2.28 bits per heavy atom. The first-order valence-electron chi connectivity index (χ1n) is 5.61. The summed E-state index contributed by atoms with van der Waals surface area (Å²) in [7, 11) is 0. The fourth-order valence-corrected chi connectivity index (χ4v) is 2.19. The lowest BCUT2D eigenvalue weighted by atomic mass is 9.97. The van der Waals surface area contributed by atoms with Gasteiger partial charge in [0.25, 0.3) is 0 Å². The lowest BCUT2D eigenvalue weighted by Crippen LogP contribution is -2.51. The number of thiazole rings is 1. The molecule has 1 atom stereocenters. The van der Waals surface area contributed by atoms with Gasteiger partial charge in [0.15, 0.2) is 5.69 Å². The van der Waals surface area contributed by atoms with Gasteiger partial charge in [0.1, 0.15) is 5.01 Å². The number of nitrogens with one attached hydrogen (secondary N) is 1. The third-order valence-electron chi connectivity index (χ3n) is 2.46. The molecular weight excluding hydrogens is 254 g/mol. The first-order valence-corrected chi connectivity index (χ1v) is 6.49. The number of carboxylic acids is 1. The van der Waals surface area contributed by atoms with Crippen molar-refractivity contribution in [3.63, 3.8) is 0 Å². The van der Waals surface area contributed by atoms with Crippen LogP contribution in [0.3, 0.4) is 0 Å². The topological polar surface area (TPSA) is 105 Å². The van der Waals surface area contributed by atoms with Gasteiger partial charge in [-0.2, -0.15) is 0 Å². The molecule has 1 amide bonds. The van der Waals surface area contributed by atoms with E-state index in [-0.39, 0.29) is 18.1 Å². The molecular formula is C11H17N3O3S. The highest BCUT2D eigenvalue weighted by molar-refractivity contribution is 7.09. The summed E-state index contributed by atoms with van der Waals surface area (Å²) < 4.78 is 0. The van der Waals surface area contributed by atoms with Crippen LogP contribution in [0, 0.1) is 0 Å². The minimum Gasteiger partial charge on any atom is -0.476 e. The molecule has 0 spiro atoms. The minimum absolute atomic E-state index is 0.00619. The molecule has 0 bridgehead atoms. The van der Waals surface area contributed by atoms with Crippen LogP contribution < -0.4 is 11.1 Å². The highest BCUT2D eigenvalue weighted by Crippen LogP contribution is 2.11. The van der Waals surface area contributed by atoms with E-state index in [1.807, 2.05) is 6.92 Å². The summed E-state index contributed by atoms with van der Waals surface area (Å²) in [5, 5.41) is 13.4. The maximum Gasteiger partial charge on any atom is 0.355 e. The number of aromatic nitrogens is 1. The van der Waals surface area contributed by atoms with Gasteiger partial charge < -0.3 is 16.2 Å². The van der Waals surface area contributed by atoms with E-state index in [1.54, 1.807) is 6.92 Å². The van der Waals surface area contributed by atoms with Gasteiger partial charge in [-0.1, -0.05) is 13.3 Å². The molecule has 0 aliphatic rings. The number of carbonyl (C=O) groups excluding carboxylic acids is 1. The molecule has 4 N–H and O–H groups in total. The molecule has 1 unspecified atom stereocenters. The van der Waals surface area contributed by atoms with Crippen molar-refractivity contribution in [1.29, 1.82) is 0 Å². The molecule has 0 aromatic carbocycles. The average Bonchev–Trinajstić information content (AvgIpc) is 2.74. The molecule has 0 aliphatic carbocycles. The van der Waals surface area contributed by atoms with Crippen LogP contribution in [0.2, 0.25) is 0 Å². The normalized spacial score (nSPS) is 13.9. The molecule has 1 aromatic heterocycles. The summed E-state index contributed by atoms with van der Waals surface area (Å²) in [6.07, 6.45) is 1.41. The summed E-state index contributed by atoms with van der Waals surface area (Å²) in [6.45, 7) is 3.84. The third kappa shape index (κ3) is 3.78. The van der Waals surface area contributed by atoms with Crippen molar-refractivity contribution in [2.24, 2.45) is 5.73 Å². The quantitative estimate of drug-likeness (QED) is 0.715. The molecule has 7 heteroatoms. The second kappa shape index (κ2) is 5.92. The Morgan fingerprint density at radius 1 is 1.61 bits per heavy atom. The smallest absolute Gasteiger partial charge is 0.355 e. The molecule has 0 saturated heterocycles. The van der Waals surface area contributed by atoms with Gasteiger partial charge in [0.05, 0.1) is 12.1 Å². The zero-order valence-electron chi connectivity index (χ0n) is 10.4. The Bertz CT molecular complexity index is 442. The summed E-state index contributed by atoms with van der Waals surface area (Å²) >= 11 is 1.20. The van der Waals surface area contributed by atoms with Gasteiger partial charge >= 0.3 is 5.97 Å². The van der Waals surface area contributed by atoms with E-state index in [4.69, 9.17) is 10.8 Å². The molecule has 100 valence electrons. The van der Waals surface area contributed by atoms with E-state index in [0.29, 0.717) is 11.4 Å². The van der Waals surface area contributed by atoms with Crippen LogP contribution in [-0.4, -0.2) is 27.5 Å². The molecule has 0 saturated carbocycles. The number of carboxylic acid groups (broad SMARTS) is 1. The second-order valence-electron chi connectivity index (χ2n) is 4.28. The van der Waals surface area contributed by atoms with Gasteiger partial charge in [-0.3, -0.25) is 4.79 Å². The monoisotopic (exact) mass is 271 g/mol. The average molecular weight is 271 g/mol. The van der Waals surface area contributed by atoms with Gasteiger partial charge in [-0.15, -0.1) is 11.3 Å². The molecule has 0 radical (unpaired) electrons. The SMILES string of the molecule is CCCC(C)(N)C(=O)NCc1nc(C(=O)O)cs1. The molecule has 0 aliphatic heterocycles. The number of hydrogen-bond acceptors (Lipinski definition) is 5. The van der Waals surface area contributed by atoms with Crippen LogP contribution in [0.4, 0.5) is 0 Å². The van der Waals surface area contributed by atoms with E-state index in [0.717, 1.165) is 6.42 Å². The predicted octanol–water partition coefficient (Wildman–Crippen LogP) is 0.975. The van der Waals surface area contributed by atoms with Crippen LogP contribution in [0.25, 0.3) is 0 Å². The van der Waals surface area contributed by atoms with Crippen molar-refractivity contribution in [2.45, 2.75) is 38.8 Å². The summed E-state index contributed by atoms with van der Waals surface area (Å²) in [5.74, 6) is -1.32. The first-order chi connectivity index (χ1) is 8.36. The van der Waals surface area contributed by atoms with Crippen molar-refractivity contribution in [3.8, 4) is 0 Å². The number of nitrogens with zero attached hydrogens (tertiary/aromatic N) is 1. The first kappa shape index (κ1) is 14.6. The largest absolute Gasteiger partial charge is 0.476 e. The van der Waals surface area contributed by atoms with E-state index in [2.05, 4.69) is 10.3 Å². The fraction of sp³-hybridized carbons (Fsp3) is 0.545. The maximum atomic E-state index is 11.8. The molecule has 0 fully saturated rings. The van der Waals surface area contributed by atoms with E-state index in [1.165, 1.54) is 16.7 Å². The van der Waals surface area contributed by atoms with Crippen molar-refractivity contribution in [3.05, 3.63) is 16.1 Å². The molecule has 6 nitrogen and oxygen atoms in total. The highest BCUT2D eigenvalue weighted by atomic mass is 32.1. The van der Waals surface area contributed by atoms with Gasteiger partial charge in [0, 0.05) is 5.38 Å². The summed E-state index contributed by atoms with van der Waals surface area (Å²) in [6, 6.07) is 0. The third-order valence-corrected chi connectivity index (χ3v) is 3.31. The van der Waals surface area contributed by atoms with Crippen LogP contribution in [0.5, 0.6) is 0 Å². The predicted molar refractivity (Wildman–Crippen MR) is 68.4 cm³/mol. The molecule has 18 heavy (non-hydrogen) atoms. The summed E-state index contributed by atoms with van der Waals surface area (Å²) in [5.41, 5.74) is 4.96. The number of hydrogen-bond donors (Lipinski definition) is 3. The van der Waals surface area contributed by atoms with Crippen LogP contribution in [-0.2, 0) is 11.3 Å². The van der Waals surface area contributed by atoms with Crippen LogP contribution >= 0.6 is 11.3 Å². The highest BCUT2D eigenvalue weighted by Gasteiger charge is 2.26. The Labute approximate surface area is 109 Å². The lowest BCUT2D eigenvalue weighted by molar-refractivity contribution is -0.126. The maximum absolute atomic E-state index is 11.8. The van der Waals surface area contributed by atoms with E-state index in [9.17, 15) is 9.59 Å². The minimum atomic E-state index is -1.07. The van der Waals surface area contributed by atoms with Gasteiger partial charge in [-0.05, 0) is 13.3 Å². The Balaban J connectivity index is 2.54. The van der Waals surface area contributed by atoms with Gasteiger partial charge in [0.2, 0.25) is 5.91 Å². The van der Waals surface area contributed by atoms with Crippen molar-refractivity contribution >= 4 is 23.2 Å². The number of rotatable bonds is 6. The van der Waals surface area contributed by atoms with Crippen molar-refractivity contribution in [1.82, 2.24) is 10.3 Å². The van der Waals surface area contributed by atoms with E-state index < -0.39 is 11.5 Å². The molecule has 1 rings (SSSR count). The lowest BCUT2D eigenvalue weighted by Gasteiger charge is -2.22. The Kier molecular flexibility index (Phi) is 4.80. The Hall–Kier alpha value is -1.47. The summed E-state index contributed by atoms with van der Waals surface area (Å²) in [4.78, 5) is 26.3. The molecule has 1 heterocycles. The second-order valence-corrected chi connectivity index (χ2v) is 5.22. The standard InChI is InChI=1S/C11H17N3O3S/c1-3-4-11(2,12)10(17)13-5-8-14-7(6-18-8)9(15)16/h6H,3-5,12H2,1-2H3,(H,13,17)(H,15,16). The number of aromatic carboxylic acids is 1. The number of amides is 1. The van der Waals surface area contributed by atoms with Crippen LogP contribution in [0.1, 0.15) is 42.2 Å². The zero-order chi connectivity index (χ0) is 13.8. The fourth-order valence-electron chi connectivity index (χ4n) is 1.48. The Morgan fingerprint density at radius 3 is 2.78 bits per heavy atom. The van der Waals surface area contributed by atoms with Gasteiger partial charge in [-0.25, -0.2) is 9.78 Å². The van der Waals surface area contributed by atoms with E-state index >= 15 is 0 Å².